The van der Waals surface area contributed by atoms with E-state index in [1.165, 1.54) is 24.3 Å². The summed E-state index contributed by atoms with van der Waals surface area (Å²) < 4.78 is 10.2. The molecule has 1 aliphatic rings. The average Bonchev–Trinajstić information content (AvgIpc) is 3.13. The number of nitrogens with one attached hydrogen (secondary N) is 1. The highest BCUT2D eigenvalue weighted by Crippen LogP contribution is 2.29. The fourth-order valence-electron chi connectivity index (χ4n) is 3.23. The first kappa shape index (κ1) is 18.0. The number of esters is 1. The van der Waals surface area contributed by atoms with Gasteiger partial charge in [0.25, 0.3) is 0 Å². The van der Waals surface area contributed by atoms with E-state index >= 15 is 0 Å². The van der Waals surface area contributed by atoms with E-state index in [1.807, 2.05) is 12.1 Å². The first-order chi connectivity index (χ1) is 12.7. The Kier molecular flexibility index (Phi) is 5.89. The van der Waals surface area contributed by atoms with Crippen molar-refractivity contribution < 1.29 is 18.7 Å². The molecule has 0 saturated heterocycles. The summed E-state index contributed by atoms with van der Waals surface area (Å²) in [6, 6.07) is 11.9. The zero-order valence-corrected chi connectivity index (χ0v) is 14.9. The van der Waals surface area contributed by atoms with E-state index in [-0.39, 0.29) is 24.3 Å². The van der Waals surface area contributed by atoms with Crippen LogP contribution in [0.25, 0.3) is 6.08 Å². The molecule has 0 radical (unpaired) electrons. The number of carbonyl (C=O) groups excluding carboxylic acids is 2. The lowest BCUT2D eigenvalue weighted by atomic mass is 9.88. The molecule has 0 unspecified atom stereocenters. The van der Waals surface area contributed by atoms with E-state index in [4.69, 9.17) is 4.42 Å². The molecule has 5 heteroatoms. The molecule has 26 heavy (non-hydrogen) atoms. The molecule has 2 aromatic rings. The van der Waals surface area contributed by atoms with Crippen molar-refractivity contribution >= 4 is 18.0 Å². The standard InChI is InChI=1S/C21H23NO4/c1-25-21(24)14-12-17-10-9-16(26-17)11-13-20(23)22-19-8-4-6-15-5-2-3-7-18(15)19/h2-3,5,7,9-11,13,19H,4,6,8,12,14H2,1H3,(H,22,23)/b13-11+/t19-/m1/s1. The summed E-state index contributed by atoms with van der Waals surface area (Å²) >= 11 is 0. The normalized spacial score (nSPS) is 16.3. The first-order valence-electron chi connectivity index (χ1n) is 8.87. The molecule has 1 aliphatic carbocycles. The number of rotatable bonds is 6. The molecule has 1 aromatic heterocycles. The maximum absolute atomic E-state index is 12.3. The van der Waals surface area contributed by atoms with Gasteiger partial charge in [-0.25, -0.2) is 0 Å². The second-order valence-electron chi connectivity index (χ2n) is 6.37. The van der Waals surface area contributed by atoms with Crippen LogP contribution in [0.2, 0.25) is 0 Å². The van der Waals surface area contributed by atoms with E-state index in [2.05, 4.69) is 22.2 Å². The quantitative estimate of drug-likeness (QED) is 0.636. The third kappa shape index (κ3) is 4.63. The second-order valence-corrected chi connectivity index (χ2v) is 6.37. The molecule has 1 aromatic carbocycles. The Morgan fingerprint density at radius 2 is 2.12 bits per heavy atom. The molecule has 3 rings (SSSR count). The van der Waals surface area contributed by atoms with Crippen molar-refractivity contribution in [1.29, 1.82) is 0 Å². The Morgan fingerprint density at radius 1 is 1.27 bits per heavy atom. The summed E-state index contributed by atoms with van der Waals surface area (Å²) in [7, 11) is 1.36. The smallest absolute Gasteiger partial charge is 0.305 e. The summed E-state index contributed by atoms with van der Waals surface area (Å²) in [5.74, 6) is 0.866. The van der Waals surface area contributed by atoms with Gasteiger partial charge in [-0.1, -0.05) is 24.3 Å². The first-order valence-corrected chi connectivity index (χ1v) is 8.87. The van der Waals surface area contributed by atoms with E-state index < -0.39 is 0 Å². The topological polar surface area (TPSA) is 68.5 Å². The summed E-state index contributed by atoms with van der Waals surface area (Å²) in [5, 5.41) is 3.07. The van der Waals surface area contributed by atoms with Crippen LogP contribution in [0.5, 0.6) is 0 Å². The van der Waals surface area contributed by atoms with Gasteiger partial charge < -0.3 is 14.5 Å². The van der Waals surface area contributed by atoms with E-state index in [9.17, 15) is 9.59 Å². The lowest BCUT2D eigenvalue weighted by Crippen LogP contribution is -2.29. The molecule has 0 aliphatic heterocycles. The van der Waals surface area contributed by atoms with Gasteiger partial charge in [0, 0.05) is 12.5 Å². The van der Waals surface area contributed by atoms with Crippen LogP contribution >= 0.6 is 0 Å². The number of aryl methyl sites for hydroxylation is 2. The van der Waals surface area contributed by atoms with Crippen LogP contribution < -0.4 is 5.32 Å². The van der Waals surface area contributed by atoms with Gasteiger partial charge in [-0.05, 0) is 48.6 Å². The van der Waals surface area contributed by atoms with Gasteiger partial charge in [0.05, 0.1) is 19.6 Å². The fraction of sp³-hybridized carbons (Fsp3) is 0.333. The summed E-state index contributed by atoms with van der Waals surface area (Å²) in [6.45, 7) is 0. The largest absolute Gasteiger partial charge is 0.469 e. The highest BCUT2D eigenvalue weighted by atomic mass is 16.5. The molecule has 0 fully saturated rings. The van der Waals surface area contributed by atoms with Crippen LogP contribution in [0.3, 0.4) is 0 Å². The maximum Gasteiger partial charge on any atom is 0.305 e. The maximum atomic E-state index is 12.3. The van der Waals surface area contributed by atoms with Crippen molar-refractivity contribution in [3.8, 4) is 0 Å². The van der Waals surface area contributed by atoms with Gasteiger partial charge in [-0.3, -0.25) is 9.59 Å². The zero-order valence-electron chi connectivity index (χ0n) is 14.9. The Bertz CT molecular complexity index is 806. The number of methoxy groups -OCH3 is 1. The third-order valence-corrected chi connectivity index (χ3v) is 4.57. The fourth-order valence-corrected chi connectivity index (χ4v) is 3.23. The highest BCUT2D eigenvalue weighted by Gasteiger charge is 2.20. The molecular formula is C21H23NO4. The van der Waals surface area contributed by atoms with Crippen LogP contribution in [0.1, 0.15) is 48.0 Å². The Morgan fingerprint density at radius 3 is 2.96 bits per heavy atom. The summed E-state index contributed by atoms with van der Waals surface area (Å²) in [6.07, 6.45) is 6.98. The zero-order chi connectivity index (χ0) is 18.4. The van der Waals surface area contributed by atoms with Crippen molar-refractivity contribution in [2.45, 2.75) is 38.1 Å². The van der Waals surface area contributed by atoms with E-state index in [0.717, 1.165) is 19.3 Å². The van der Waals surface area contributed by atoms with Crippen LogP contribution in [0, 0.1) is 0 Å². The lowest BCUT2D eigenvalue weighted by Gasteiger charge is -2.25. The third-order valence-electron chi connectivity index (χ3n) is 4.57. The van der Waals surface area contributed by atoms with Crippen molar-refractivity contribution in [2.75, 3.05) is 7.11 Å². The number of hydrogen-bond donors (Lipinski definition) is 1. The van der Waals surface area contributed by atoms with Gasteiger partial charge in [0.1, 0.15) is 11.5 Å². The number of carbonyl (C=O) groups is 2. The number of benzene rings is 1. The van der Waals surface area contributed by atoms with Gasteiger partial charge in [0.15, 0.2) is 0 Å². The van der Waals surface area contributed by atoms with Gasteiger partial charge in [-0.2, -0.15) is 0 Å². The van der Waals surface area contributed by atoms with Gasteiger partial charge >= 0.3 is 5.97 Å². The summed E-state index contributed by atoms with van der Waals surface area (Å²) in [5.41, 5.74) is 2.53. The predicted molar refractivity (Wildman–Crippen MR) is 98.3 cm³/mol. The number of fused-ring (bicyclic) bond motifs is 1. The van der Waals surface area contributed by atoms with Crippen LogP contribution in [0.4, 0.5) is 0 Å². The Labute approximate surface area is 153 Å². The van der Waals surface area contributed by atoms with Crippen molar-refractivity contribution in [3.05, 3.63) is 65.1 Å². The van der Waals surface area contributed by atoms with Crippen molar-refractivity contribution in [3.63, 3.8) is 0 Å². The molecule has 1 amide bonds. The molecular weight excluding hydrogens is 330 g/mol. The van der Waals surface area contributed by atoms with E-state index in [1.54, 1.807) is 18.2 Å². The molecule has 0 spiro atoms. The second kappa shape index (κ2) is 8.52. The number of amides is 1. The molecule has 1 heterocycles. The summed E-state index contributed by atoms with van der Waals surface area (Å²) in [4.78, 5) is 23.4. The number of furan rings is 1. The molecule has 5 nitrogen and oxygen atoms in total. The number of hydrogen-bond acceptors (Lipinski definition) is 4. The van der Waals surface area contributed by atoms with Gasteiger partial charge in [-0.15, -0.1) is 0 Å². The van der Waals surface area contributed by atoms with Crippen LogP contribution in [0.15, 0.2) is 46.9 Å². The van der Waals surface area contributed by atoms with Gasteiger partial charge in [0.2, 0.25) is 5.91 Å². The molecule has 0 saturated carbocycles. The predicted octanol–water partition coefficient (Wildman–Crippen LogP) is 3.59. The van der Waals surface area contributed by atoms with Crippen molar-refractivity contribution in [2.24, 2.45) is 0 Å². The minimum Gasteiger partial charge on any atom is -0.469 e. The average molecular weight is 353 g/mol. The molecule has 1 atom stereocenters. The molecule has 1 N–H and O–H groups in total. The highest BCUT2D eigenvalue weighted by molar-refractivity contribution is 5.91. The monoisotopic (exact) mass is 353 g/mol. The Balaban J connectivity index is 1.56. The minimum absolute atomic E-state index is 0.0596. The van der Waals surface area contributed by atoms with Crippen LogP contribution in [-0.4, -0.2) is 19.0 Å². The molecule has 0 bridgehead atoms. The minimum atomic E-state index is -0.273. The number of ether oxygens (including phenoxy) is 1. The van der Waals surface area contributed by atoms with Crippen molar-refractivity contribution in [1.82, 2.24) is 5.32 Å². The van der Waals surface area contributed by atoms with E-state index in [0.29, 0.717) is 17.9 Å². The van der Waals surface area contributed by atoms with Crippen LogP contribution in [-0.2, 0) is 27.2 Å². The Hall–Kier alpha value is -2.82. The molecule has 136 valence electrons. The lowest BCUT2D eigenvalue weighted by molar-refractivity contribution is -0.140. The SMILES string of the molecule is COC(=O)CCc1ccc(/C=C/C(=O)N[C@@H]2CCCc3ccccc32)o1.